The van der Waals surface area contributed by atoms with Crippen LogP contribution in [0.5, 0.6) is 0 Å². The van der Waals surface area contributed by atoms with E-state index in [9.17, 15) is 8.42 Å². The first-order valence-electron chi connectivity index (χ1n) is 8.73. The summed E-state index contributed by atoms with van der Waals surface area (Å²) in [7, 11) is -2.76. The molecule has 0 bridgehead atoms. The molecule has 0 radical (unpaired) electrons. The van der Waals surface area contributed by atoms with Crippen molar-refractivity contribution in [3.05, 3.63) is 0 Å². The summed E-state index contributed by atoms with van der Waals surface area (Å²) in [6, 6.07) is 0.770. The van der Waals surface area contributed by atoms with Gasteiger partial charge in [-0.05, 0) is 31.1 Å². The minimum atomic E-state index is -2.76. The van der Waals surface area contributed by atoms with Gasteiger partial charge in [0.2, 0.25) is 0 Å². The maximum atomic E-state index is 11.6. The summed E-state index contributed by atoms with van der Waals surface area (Å²) in [6.45, 7) is 3.73. The SMILES string of the molecule is O=S1(=O)CCN(CC2(CNC3CC3)CCCCCC2)CC1. The number of hydrogen-bond acceptors (Lipinski definition) is 4. The molecule has 21 heavy (non-hydrogen) atoms. The third-order valence-corrected chi connectivity index (χ3v) is 7.11. The van der Waals surface area contributed by atoms with Gasteiger partial charge in [-0.1, -0.05) is 25.7 Å². The molecule has 1 N–H and O–H groups in total. The Morgan fingerprint density at radius 2 is 1.62 bits per heavy atom. The molecule has 5 heteroatoms. The molecule has 3 rings (SSSR count). The van der Waals surface area contributed by atoms with Gasteiger partial charge in [0.25, 0.3) is 0 Å². The average molecular weight is 314 g/mol. The molecule has 1 aliphatic heterocycles. The molecule has 0 aromatic rings. The van der Waals surface area contributed by atoms with E-state index in [0.29, 0.717) is 16.9 Å². The van der Waals surface area contributed by atoms with Crippen molar-refractivity contribution in [1.82, 2.24) is 10.2 Å². The standard InChI is InChI=1S/C16H30N2O2S/c19-21(20)11-9-18(10-12-21)14-16(13-17-15-5-6-15)7-3-1-2-4-8-16/h15,17H,1-14H2. The molecule has 3 aliphatic rings. The number of nitrogens with zero attached hydrogens (tertiary/aromatic N) is 1. The normalized spacial score (nSPS) is 29.9. The topological polar surface area (TPSA) is 49.4 Å². The van der Waals surface area contributed by atoms with Gasteiger partial charge in [-0.15, -0.1) is 0 Å². The van der Waals surface area contributed by atoms with E-state index in [1.807, 2.05) is 0 Å². The molecule has 2 aliphatic carbocycles. The second-order valence-electron chi connectivity index (χ2n) is 7.50. The fourth-order valence-corrected chi connectivity index (χ4v) is 5.18. The van der Waals surface area contributed by atoms with Gasteiger partial charge in [-0.3, -0.25) is 0 Å². The van der Waals surface area contributed by atoms with Crippen LogP contribution in [-0.2, 0) is 9.84 Å². The summed E-state index contributed by atoms with van der Waals surface area (Å²) in [5.41, 5.74) is 0.389. The molecule has 0 aromatic heterocycles. The smallest absolute Gasteiger partial charge is 0.152 e. The first-order chi connectivity index (χ1) is 10.1. The summed E-state index contributed by atoms with van der Waals surface area (Å²) in [5, 5.41) is 3.76. The van der Waals surface area contributed by atoms with Crippen molar-refractivity contribution < 1.29 is 8.42 Å². The first-order valence-corrected chi connectivity index (χ1v) is 10.6. The lowest BCUT2D eigenvalue weighted by atomic mass is 9.79. The van der Waals surface area contributed by atoms with Gasteiger partial charge in [0.15, 0.2) is 9.84 Å². The molecular formula is C16H30N2O2S. The molecule has 0 aromatic carbocycles. The minimum absolute atomic E-state index is 0.360. The van der Waals surface area contributed by atoms with Crippen molar-refractivity contribution in [1.29, 1.82) is 0 Å². The summed E-state index contributed by atoms with van der Waals surface area (Å²) >= 11 is 0. The van der Waals surface area contributed by atoms with E-state index in [1.165, 1.54) is 51.4 Å². The third kappa shape index (κ3) is 4.67. The highest BCUT2D eigenvalue weighted by Gasteiger charge is 2.36. The van der Waals surface area contributed by atoms with Crippen LogP contribution in [0, 0.1) is 5.41 Å². The second-order valence-corrected chi connectivity index (χ2v) is 9.80. The van der Waals surface area contributed by atoms with Gasteiger partial charge < -0.3 is 10.2 Å². The molecule has 0 amide bonds. The molecule has 2 saturated carbocycles. The summed E-state index contributed by atoms with van der Waals surface area (Å²) in [4.78, 5) is 2.42. The molecule has 4 nitrogen and oxygen atoms in total. The van der Waals surface area contributed by atoms with Crippen molar-refractivity contribution >= 4 is 9.84 Å². The summed E-state index contributed by atoms with van der Waals surface area (Å²) in [6.07, 6.45) is 10.8. The van der Waals surface area contributed by atoms with E-state index in [0.717, 1.165) is 32.2 Å². The van der Waals surface area contributed by atoms with Crippen molar-refractivity contribution in [3.8, 4) is 0 Å². The molecule has 1 heterocycles. The van der Waals surface area contributed by atoms with E-state index in [-0.39, 0.29) is 0 Å². The zero-order valence-corrected chi connectivity index (χ0v) is 14.0. The maximum absolute atomic E-state index is 11.6. The first kappa shape index (κ1) is 15.8. The Morgan fingerprint density at radius 3 is 2.19 bits per heavy atom. The Labute approximate surface area is 129 Å². The van der Waals surface area contributed by atoms with Gasteiger partial charge in [0.1, 0.15) is 0 Å². The zero-order chi connectivity index (χ0) is 14.8. The Kier molecular flexibility index (Phi) is 4.91. The van der Waals surface area contributed by atoms with Crippen molar-refractivity contribution in [2.75, 3.05) is 37.7 Å². The number of hydrogen-bond donors (Lipinski definition) is 1. The lowest BCUT2D eigenvalue weighted by Crippen LogP contribution is -2.49. The lowest BCUT2D eigenvalue weighted by molar-refractivity contribution is 0.133. The number of sulfone groups is 1. The number of rotatable bonds is 5. The summed E-state index contributed by atoms with van der Waals surface area (Å²) < 4.78 is 23.2. The Bertz CT molecular complexity index is 423. The highest BCUT2D eigenvalue weighted by Crippen LogP contribution is 2.36. The molecule has 0 unspecified atom stereocenters. The Hall–Kier alpha value is -0.130. The fraction of sp³-hybridized carbons (Fsp3) is 1.00. The van der Waals surface area contributed by atoms with Crippen LogP contribution in [-0.4, -0.2) is 57.0 Å². The molecule has 122 valence electrons. The Balaban J connectivity index is 1.60. The highest BCUT2D eigenvalue weighted by molar-refractivity contribution is 7.91. The third-order valence-electron chi connectivity index (χ3n) is 5.50. The largest absolute Gasteiger partial charge is 0.313 e. The maximum Gasteiger partial charge on any atom is 0.152 e. The molecule has 0 spiro atoms. The quantitative estimate of drug-likeness (QED) is 0.786. The van der Waals surface area contributed by atoms with Gasteiger partial charge in [-0.25, -0.2) is 8.42 Å². The molecule has 3 fully saturated rings. The average Bonchev–Trinajstić information content (AvgIpc) is 3.27. The second kappa shape index (κ2) is 6.55. The van der Waals surface area contributed by atoms with E-state index in [2.05, 4.69) is 10.2 Å². The van der Waals surface area contributed by atoms with E-state index < -0.39 is 9.84 Å². The van der Waals surface area contributed by atoms with Gasteiger partial charge in [0.05, 0.1) is 11.5 Å². The van der Waals surface area contributed by atoms with Crippen LogP contribution in [0.1, 0.15) is 51.4 Å². The molecule has 0 atom stereocenters. The van der Waals surface area contributed by atoms with Crippen molar-refractivity contribution in [2.45, 2.75) is 57.4 Å². The molecule has 1 saturated heterocycles. The highest BCUT2D eigenvalue weighted by atomic mass is 32.2. The van der Waals surface area contributed by atoms with Crippen LogP contribution in [0.2, 0.25) is 0 Å². The van der Waals surface area contributed by atoms with Crippen molar-refractivity contribution in [3.63, 3.8) is 0 Å². The van der Waals surface area contributed by atoms with Crippen LogP contribution < -0.4 is 5.32 Å². The predicted molar refractivity (Wildman–Crippen MR) is 86.3 cm³/mol. The van der Waals surface area contributed by atoms with Crippen LogP contribution in [0.25, 0.3) is 0 Å². The summed E-state index contributed by atoms with van der Waals surface area (Å²) in [5.74, 6) is 0.721. The Morgan fingerprint density at radius 1 is 1.00 bits per heavy atom. The predicted octanol–water partition coefficient (Wildman–Crippen LogP) is 1.81. The van der Waals surface area contributed by atoms with E-state index >= 15 is 0 Å². The van der Waals surface area contributed by atoms with Crippen LogP contribution in [0.3, 0.4) is 0 Å². The van der Waals surface area contributed by atoms with Gasteiger partial charge in [0, 0.05) is 32.2 Å². The minimum Gasteiger partial charge on any atom is -0.313 e. The zero-order valence-electron chi connectivity index (χ0n) is 13.1. The number of nitrogens with one attached hydrogen (secondary N) is 1. The van der Waals surface area contributed by atoms with E-state index in [4.69, 9.17) is 0 Å². The lowest BCUT2D eigenvalue weighted by Gasteiger charge is -2.39. The van der Waals surface area contributed by atoms with Crippen LogP contribution in [0.4, 0.5) is 0 Å². The van der Waals surface area contributed by atoms with Crippen molar-refractivity contribution in [2.24, 2.45) is 5.41 Å². The van der Waals surface area contributed by atoms with Crippen LogP contribution in [0.15, 0.2) is 0 Å². The molecular weight excluding hydrogens is 284 g/mol. The van der Waals surface area contributed by atoms with E-state index in [1.54, 1.807) is 0 Å². The monoisotopic (exact) mass is 314 g/mol. The fourth-order valence-electron chi connectivity index (χ4n) is 3.90. The van der Waals surface area contributed by atoms with Crippen LogP contribution >= 0.6 is 0 Å². The van der Waals surface area contributed by atoms with Gasteiger partial charge in [-0.2, -0.15) is 0 Å². The van der Waals surface area contributed by atoms with Gasteiger partial charge >= 0.3 is 0 Å².